The zero-order chi connectivity index (χ0) is 18.4. The van der Waals surface area contributed by atoms with Crippen LogP contribution >= 0.6 is 0 Å². The number of rotatable bonds is 6. The van der Waals surface area contributed by atoms with Gasteiger partial charge in [-0.2, -0.15) is 0 Å². The van der Waals surface area contributed by atoms with E-state index in [4.69, 9.17) is 9.47 Å². The van der Waals surface area contributed by atoms with Gasteiger partial charge in [-0.15, -0.1) is 0 Å². The number of aryl methyl sites for hydroxylation is 1. The summed E-state index contributed by atoms with van der Waals surface area (Å²) >= 11 is 0. The van der Waals surface area contributed by atoms with Gasteiger partial charge in [-0.05, 0) is 43.2 Å². The molecule has 25 heavy (non-hydrogen) atoms. The smallest absolute Gasteiger partial charge is 0.344 e. The van der Waals surface area contributed by atoms with Gasteiger partial charge in [-0.3, -0.25) is 4.79 Å². The fourth-order valence-corrected chi connectivity index (χ4v) is 1.98. The molecular weight excluding hydrogens is 332 g/mol. The Morgan fingerprint density at radius 3 is 2.52 bits per heavy atom. The molecule has 2 rings (SSSR count). The standard InChI is InChI=1S/C18H17F2NO4/c1-11-4-3-5-16(12(11)2)24-10-18(23)25-9-17(22)21-13-6-7-14(19)15(20)8-13/h3-8H,9-10H2,1-2H3,(H,21,22). The fourth-order valence-electron chi connectivity index (χ4n) is 1.98. The van der Waals surface area contributed by atoms with Crippen LogP contribution in [0.2, 0.25) is 0 Å². The van der Waals surface area contributed by atoms with E-state index in [-0.39, 0.29) is 12.3 Å². The van der Waals surface area contributed by atoms with Crippen LogP contribution in [0.25, 0.3) is 0 Å². The molecule has 1 amide bonds. The number of carbonyl (C=O) groups excluding carboxylic acids is 2. The van der Waals surface area contributed by atoms with E-state index >= 15 is 0 Å². The van der Waals surface area contributed by atoms with E-state index in [0.717, 1.165) is 23.3 Å². The molecule has 1 N–H and O–H groups in total. The number of hydrogen-bond donors (Lipinski definition) is 1. The highest BCUT2D eigenvalue weighted by molar-refractivity contribution is 5.92. The quantitative estimate of drug-likeness (QED) is 0.814. The summed E-state index contributed by atoms with van der Waals surface area (Å²) in [5, 5.41) is 2.29. The Bertz CT molecular complexity index is 793. The van der Waals surface area contributed by atoms with Crippen molar-refractivity contribution in [3.8, 4) is 5.75 Å². The summed E-state index contributed by atoms with van der Waals surface area (Å²) in [6.45, 7) is 2.88. The van der Waals surface area contributed by atoms with Gasteiger partial charge in [0.25, 0.3) is 5.91 Å². The van der Waals surface area contributed by atoms with Crippen LogP contribution in [0, 0.1) is 25.5 Å². The molecule has 0 unspecified atom stereocenters. The van der Waals surface area contributed by atoms with Crippen LogP contribution in [0.3, 0.4) is 0 Å². The average molecular weight is 349 g/mol. The van der Waals surface area contributed by atoms with E-state index in [9.17, 15) is 18.4 Å². The summed E-state index contributed by atoms with van der Waals surface area (Å²) in [5.74, 6) is -2.94. The molecule has 0 spiro atoms. The van der Waals surface area contributed by atoms with Crippen LogP contribution in [0.5, 0.6) is 5.75 Å². The van der Waals surface area contributed by atoms with E-state index in [0.29, 0.717) is 5.75 Å². The first-order valence-corrected chi connectivity index (χ1v) is 7.46. The van der Waals surface area contributed by atoms with Gasteiger partial charge in [0.2, 0.25) is 0 Å². The maximum absolute atomic E-state index is 13.0. The van der Waals surface area contributed by atoms with Crippen LogP contribution in [0.1, 0.15) is 11.1 Å². The Balaban J connectivity index is 1.78. The van der Waals surface area contributed by atoms with Gasteiger partial charge < -0.3 is 14.8 Å². The minimum absolute atomic E-state index is 0.0617. The van der Waals surface area contributed by atoms with Crippen LogP contribution in [0.15, 0.2) is 36.4 Å². The van der Waals surface area contributed by atoms with Gasteiger partial charge in [0.05, 0.1) is 0 Å². The molecule has 0 radical (unpaired) electrons. The van der Waals surface area contributed by atoms with Crippen molar-refractivity contribution < 1.29 is 27.8 Å². The third-order valence-electron chi connectivity index (χ3n) is 3.47. The summed E-state index contributed by atoms with van der Waals surface area (Å²) < 4.78 is 36.0. The van der Waals surface area contributed by atoms with Gasteiger partial charge in [-0.25, -0.2) is 13.6 Å². The molecule has 0 aromatic heterocycles. The lowest BCUT2D eigenvalue weighted by Crippen LogP contribution is -2.23. The van der Waals surface area contributed by atoms with Gasteiger partial charge >= 0.3 is 5.97 Å². The lowest BCUT2D eigenvalue weighted by atomic mass is 10.1. The summed E-state index contributed by atoms with van der Waals surface area (Å²) in [7, 11) is 0. The molecular formula is C18H17F2NO4. The number of anilines is 1. The number of carbonyl (C=O) groups is 2. The average Bonchev–Trinajstić information content (AvgIpc) is 2.57. The van der Waals surface area contributed by atoms with Crippen LogP contribution in [-0.2, 0) is 14.3 Å². The molecule has 132 valence electrons. The summed E-state index contributed by atoms with van der Waals surface area (Å²) in [6.07, 6.45) is 0. The van der Waals surface area contributed by atoms with Crippen molar-refractivity contribution in [3.63, 3.8) is 0 Å². The second-order valence-electron chi connectivity index (χ2n) is 5.32. The minimum atomic E-state index is -1.09. The van der Waals surface area contributed by atoms with Crippen LogP contribution in [0.4, 0.5) is 14.5 Å². The summed E-state index contributed by atoms with van der Waals surface area (Å²) in [5.41, 5.74) is 2.00. The number of ether oxygens (including phenoxy) is 2. The predicted octanol–water partition coefficient (Wildman–Crippen LogP) is 3.14. The Morgan fingerprint density at radius 1 is 1.04 bits per heavy atom. The van der Waals surface area contributed by atoms with Crippen molar-refractivity contribution in [3.05, 3.63) is 59.2 Å². The maximum atomic E-state index is 13.0. The highest BCUT2D eigenvalue weighted by Gasteiger charge is 2.11. The molecule has 0 atom stereocenters. The topological polar surface area (TPSA) is 64.6 Å². The molecule has 0 fully saturated rings. The third-order valence-corrected chi connectivity index (χ3v) is 3.47. The van der Waals surface area contributed by atoms with Crippen LogP contribution in [-0.4, -0.2) is 25.1 Å². The maximum Gasteiger partial charge on any atom is 0.344 e. The van der Waals surface area contributed by atoms with Crippen molar-refractivity contribution in [2.45, 2.75) is 13.8 Å². The summed E-state index contributed by atoms with van der Waals surface area (Å²) in [4.78, 5) is 23.3. The molecule has 0 saturated heterocycles. The number of amides is 1. The highest BCUT2D eigenvalue weighted by Crippen LogP contribution is 2.20. The van der Waals surface area contributed by atoms with Crippen molar-refractivity contribution in [2.75, 3.05) is 18.5 Å². The highest BCUT2D eigenvalue weighted by atomic mass is 19.2. The van der Waals surface area contributed by atoms with E-state index in [1.54, 1.807) is 12.1 Å². The largest absolute Gasteiger partial charge is 0.482 e. The van der Waals surface area contributed by atoms with Crippen molar-refractivity contribution >= 4 is 17.6 Å². The zero-order valence-electron chi connectivity index (χ0n) is 13.8. The molecule has 5 nitrogen and oxygen atoms in total. The van der Waals surface area contributed by atoms with Gasteiger partial charge in [-0.1, -0.05) is 12.1 Å². The molecule has 2 aromatic carbocycles. The lowest BCUT2D eigenvalue weighted by molar-refractivity contribution is -0.149. The van der Waals surface area contributed by atoms with E-state index in [2.05, 4.69) is 5.32 Å². The third kappa shape index (κ3) is 5.27. The number of hydrogen-bond acceptors (Lipinski definition) is 4. The number of halogens is 2. The molecule has 0 saturated carbocycles. The zero-order valence-corrected chi connectivity index (χ0v) is 13.8. The second-order valence-corrected chi connectivity index (χ2v) is 5.32. The fraction of sp³-hybridized carbons (Fsp3) is 0.222. The monoisotopic (exact) mass is 349 g/mol. The first-order chi connectivity index (χ1) is 11.9. The molecule has 0 bridgehead atoms. The normalized spacial score (nSPS) is 10.2. The van der Waals surface area contributed by atoms with Gasteiger partial charge in [0, 0.05) is 11.8 Å². The van der Waals surface area contributed by atoms with Crippen molar-refractivity contribution in [1.82, 2.24) is 0 Å². The Labute approximate surface area is 143 Å². The van der Waals surface area contributed by atoms with Gasteiger partial charge in [0.1, 0.15) is 5.75 Å². The van der Waals surface area contributed by atoms with Gasteiger partial charge in [0.15, 0.2) is 24.8 Å². The first-order valence-electron chi connectivity index (χ1n) is 7.46. The molecule has 0 heterocycles. The Hall–Kier alpha value is -2.96. The number of esters is 1. The summed E-state index contributed by atoms with van der Waals surface area (Å²) in [6, 6.07) is 8.36. The number of nitrogens with one attached hydrogen (secondary N) is 1. The first kappa shape index (κ1) is 18.4. The Kier molecular flexibility index (Phi) is 6.05. The van der Waals surface area contributed by atoms with E-state index in [1.807, 2.05) is 19.9 Å². The molecule has 0 aliphatic carbocycles. The molecule has 2 aromatic rings. The molecule has 0 aliphatic rings. The van der Waals surface area contributed by atoms with Crippen molar-refractivity contribution in [2.24, 2.45) is 0 Å². The molecule has 0 aliphatic heterocycles. The predicted molar refractivity (Wildman–Crippen MR) is 87.4 cm³/mol. The Morgan fingerprint density at radius 2 is 1.80 bits per heavy atom. The second kappa shape index (κ2) is 8.23. The number of benzene rings is 2. The molecule has 7 heteroatoms. The van der Waals surface area contributed by atoms with Crippen LogP contribution < -0.4 is 10.1 Å². The minimum Gasteiger partial charge on any atom is -0.482 e. The lowest BCUT2D eigenvalue weighted by Gasteiger charge is -2.11. The van der Waals surface area contributed by atoms with Crippen molar-refractivity contribution in [1.29, 1.82) is 0 Å². The van der Waals surface area contributed by atoms with E-state index in [1.165, 1.54) is 6.07 Å². The SMILES string of the molecule is Cc1cccc(OCC(=O)OCC(=O)Nc2ccc(F)c(F)c2)c1C. The van der Waals surface area contributed by atoms with E-state index < -0.39 is 30.1 Å².